The predicted octanol–water partition coefficient (Wildman–Crippen LogP) is 1.39. The van der Waals surface area contributed by atoms with Gasteiger partial charge in [-0.15, -0.1) is 0 Å². The lowest BCUT2D eigenvalue weighted by molar-refractivity contribution is 0.102. The third-order valence-corrected chi connectivity index (χ3v) is 5.48. The van der Waals surface area contributed by atoms with Crippen LogP contribution in [0.2, 0.25) is 0 Å². The zero-order valence-electron chi connectivity index (χ0n) is 11.6. The number of hydrogen-bond donors (Lipinski definition) is 3. The molecule has 21 heavy (non-hydrogen) atoms. The number of aliphatic hydroxyl groups is 1. The minimum absolute atomic E-state index is 0.201. The van der Waals surface area contributed by atoms with Gasteiger partial charge < -0.3 is 10.1 Å². The zero-order valence-corrected chi connectivity index (χ0v) is 12.4. The molecule has 2 aromatic rings. The molecule has 0 aromatic carbocycles. The molecule has 2 heterocycles. The highest BCUT2D eigenvalue weighted by Crippen LogP contribution is 2.25. The summed E-state index contributed by atoms with van der Waals surface area (Å²) in [4.78, 5) is 7.19. The SMILES string of the molecule is O=S(=O)(NCC1CCCC(O)C1)c1c[nH]c2ncccc12. The zero-order chi connectivity index (χ0) is 14.9. The van der Waals surface area contributed by atoms with E-state index in [0.717, 1.165) is 19.3 Å². The average molecular weight is 309 g/mol. The molecule has 0 bridgehead atoms. The summed E-state index contributed by atoms with van der Waals surface area (Å²) in [6, 6.07) is 3.45. The minimum Gasteiger partial charge on any atom is -0.393 e. The number of hydrogen-bond acceptors (Lipinski definition) is 4. The molecule has 3 rings (SSSR count). The smallest absolute Gasteiger partial charge is 0.242 e. The third kappa shape index (κ3) is 3.09. The fraction of sp³-hybridized carbons (Fsp3) is 0.500. The van der Waals surface area contributed by atoms with E-state index < -0.39 is 10.0 Å². The van der Waals surface area contributed by atoms with E-state index in [1.54, 1.807) is 18.3 Å². The summed E-state index contributed by atoms with van der Waals surface area (Å²) in [7, 11) is -3.56. The van der Waals surface area contributed by atoms with E-state index in [0.29, 0.717) is 24.0 Å². The predicted molar refractivity (Wildman–Crippen MR) is 79.2 cm³/mol. The van der Waals surface area contributed by atoms with Gasteiger partial charge in [-0.2, -0.15) is 0 Å². The molecule has 7 heteroatoms. The Morgan fingerprint density at radius 2 is 2.29 bits per heavy atom. The first-order valence-electron chi connectivity index (χ1n) is 7.16. The molecule has 114 valence electrons. The second-order valence-corrected chi connectivity index (χ2v) is 7.33. The number of nitrogens with zero attached hydrogens (tertiary/aromatic N) is 1. The number of aromatic amines is 1. The van der Waals surface area contributed by atoms with E-state index in [-0.39, 0.29) is 16.9 Å². The normalized spacial score (nSPS) is 23.5. The highest BCUT2D eigenvalue weighted by atomic mass is 32.2. The molecule has 1 saturated carbocycles. The first-order valence-corrected chi connectivity index (χ1v) is 8.64. The Balaban J connectivity index is 1.75. The monoisotopic (exact) mass is 309 g/mol. The van der Waals surface area contributed by atoms with Crippen molar-refractivity contribution in [1.82, 2.24) is 14.7 Å². The summed E-state index contributed by atoms with van der Waals surface area (Å²) in [5.41, 5.74) is 0.561. The van der Waals surface area contributed by atoms with Gasteiger partial charge in [0.05, 0.1) is 6.10 Å². The molecular weight excluding hydrogens is 290 g/mol. The molecule has 1 aliphatic rings. The van der Waals surface area contributed by atoms with Crippen molar-refractivity contribution in [3.8, 4) is 0 Å². The first-order chi connectivity index (χ1) is 10.1. The highest BCUT2D eigenvalue weighted by Gasteiger charge is 2.24. The van der Waals surface area contributed by atoms with Gasteiger partial charge in [0.25, 0.3) is 0 Å². The molecule has 0 amide bonds. The van der Waals surface area contributed by atoms with Gasteiger partial charge in [-0.3, -0.25) is 0 Å². The van der Waals surface area contributed by atoms with Gasteiger partial charge in [0.2, 0.25) is 10.0 Å². The van der Waals surface area contributed by atoms with Gasteiger partial charge in [-0.25, -0.2) is 18.1 Å². The van der Waals surface area contributed by atoms with Crippen molar-refractivity contribution in [2.45, 2.75) is 36.7 Å². The summed E-state index contributed by atoms with van der Waals surface area (Å²) in [6.45, 7) is 0.367. The largest absolute Gasteiger partial charge is 0.393 e. The second-order valence-electron chi connectivity index (χ2n) is 5.59. The molecule has 6 nitrogen and oxygen atoms in total. The van der Waals surface area contributed by atoms with Gasteiger partial charge in [-0.1, -0.05) is 6.42 Å². The van der Waals surface area contributed by atoms with Gasteiger partial charge >= 0.3 is 0 Å². The van der Waals surface area contributed by atoms with Crippen LogP contribution in [0.25, 0.3) is 11.0 Å². The maximum atomic E-state index is 12.4. The van der Waals surface area contributed by atoms with Crippen molar-refractivity contribution >= 4 is 21.1 Å². The van der Waals surface area contributed by atoms with Gasteiger partial charge in [0.1, 0.15) is 10.5 Å². The molecule has 1 fully saturated rings. The Hall–Kier alpha value is -1.44. The van der Waals surface area contributed by atoms with Crippen molar-refractivity contribution in [2.24, 2.45) is 5.92 Å². The summed E-state index contributed by atoms with van der Waals surface area (Å²) in [5.74, 6) is 0.201. The fourth-order valence-corrected chi connectivity index (χ4v) is 4.19. The van der Waals surface area contributed by atoms with Crippen molar-refractivity contribution < 1.29 is 13.5 Å². The third-order valence-electron chi connectivity index (χ3n) is 4.02. The van der Waals surface area contributed by atoms with Crippen LogP contribution in [0, 0.1) is 5.92 Å². The molecule has 3 N–H and O–H groups in total. The average Bonchev–Trinajstić information content (AvgIpc) is 2.90. The maximum Gasteiger partial charge on any atom is 0.242 e. The lowest BCUT2D eigenvalue weighted by atomic mass is 9.87. The van der Waals surface area contributed by atoms with Crippen molar-refractivity contribution in [1.29, 1.82) is 0 Å². The number of rotatable bonds is 4. The standard InChI is InChI=1S/C14H19N3O3S/c18-11-4-1-3-10(7-11)8-17-21(19,20)13-9-16-14-12(13)5-2-6-15-14/h2,5-6,9-11,17-18H,1,3-4,7-8H2,(H,15,16). The lowest BCUT2D eigenvalue weighted by Crippen LogP contribution is -2.32. The Morgan fingerprint density at radius 1 is 1.43 bits per heavy atom. The summed E-state index contributed by atoms with van der Waals surface area (Å²) >= 11 is 0. The minimum atomic E-state index is -3.56. The number of aromatic nitrogens is 2. The number of sulfonamides is 1. The first kappa shape index (κ1) is 14.5. The molecule has 0 spiro atoms. The summed E-state index contributed by atoms with van der Waals surface area (Å²) < 4.78 is 27.5. The van der Waals surface area contributed by atoms with Gasteiger partial charge in [0.15, 0.2) is 0 Å². The van der Waals surface area contributed by atoms with Crippen LogP contribution in [0.1, 0.15) is 25.7 Å². The van der Waals surface area contributed by atoms with E-state index in [2.05, 4.69) is 14.7 Å². The topological polar surface area (TPSA) is 95.1 Å². The van der Waals surface area contributed by atoms with Crippen LogP contribution in [0.4, 0.5) is 0 Å². The van der Waals surface area contributed by atoms with E-state index in [1.165, 1.54) is 6.20 Å². The molecular formula is C14H19N3O3S. The molecule has 0 radical (unpaired) electrons. The number of pyridine rings is 1. The molecule has 2 atom stereocenters. The van der Waals surface area contributed by atoms with E-state index in [1.807, 2.05) is 0 Å². The van der Waals surface area contributed by atoms with Gasteiger partial charge in [-0.05, 0) is 37.3 Å². The number of H-pyrrole nitrogens is 1. The van der Waals surface area contributed by atoms with Crippen molar-refractivity contribution in [3.05, 3.63) is 24.5 Å². The molecule has 2 unspecified atom stereocenters. The van der Waals surface area contributed by atoms with Crippen LogP contribution in [-0.4, -0.2) is 36.1 Å². The number of nitrogens with one attached hydrogen (secondary N) is 2. The number of fused-ring (bicyclic) bond motifs is 1. The highest BCUT2D eigenvalue weighted by molar-refractivity contribution is 7.89. The van der Waals surface area contributed by atoms with Gasteiger partial charge in [0, 0.05) is 24.3 Å². The Morgan fingerprint density at radius 3 is 3.10 bits per heavy atom. The van der Waals surface area contributed by atoms with Crippen LogP contribution < -0.4 is 4.72 Å². The van der Waals surface area contributed by atoms with E-state index >= 15 is 0 Å². The van der Waals surface area contributed by atoms with Crippen LogP contribution in [-0.2, 0) is 10.0 Å². The lowest BCUT2D eigenvalue weighted by Gasteiger charge is -2.25. The maximum absolute atomic E-state index is 12.4. The number of aliphatic hydroxyl groups excluding tert-OH is 1. The Labute approximate surface area is 123 Å². The summed E-state index contributed by atoms with van der Waals surface area (Å²) in [6.07, 6.45) is 6.17. The van der Waals surface area contributed by atoms with Crippen molar-refractivity contribution in [2.75, 3.05) is 6.54 Å². The molecule has 1 aliphatic carbocycles. The molecule has 2 aromatic heterocycles. The Bertz CT molecular complexity index is 726. The van der Waals surface area contributed by atoms with Crippen LogP contribution in [0.15, 0.2) is 29.4 Å². The van der Waals surface area contributed by atoms with E-state index in [4.69, 9.17) is 0 Å². The van der Waals surface area contributed by atoms with E-state index in [9.17, 15) is 13.5 Å². The second kappa shape index (κ2) is 5.75. The quantitative estimate of drug-likeness (QED) is 0.795. The van der Waals surface area contributed by atoms with Crippen LogP contribution in [0.3, 0.4) is 0 Å². The van der Waals surface area contributed by atoms with Crippen molar-refractivity contribution in [3.63, 3.8) is 0 Å². The van der Waals surface area contributed by atoms with Crippen LogP contribution in [0.5, 0.6) is 0 Å². The fourth-order valence-electron chi connectivity index (χ4n) is 2.91. The Kier molecular flexibility index (Phi) is 3.97. The summed E-state index contributed by atoms with van der Waals surface area (Å²) in [5, 5.41) is 10.2. The van der Waals surface area contributed by atoms with Crippen LogP contribution >= 0.6 is 0 Å². The molecule has 0 aliphatic heterocycles. The molecule has 0 saturated heterocycles.